The third-order valence-corrected chi connectivity index (χ3v) is 6.20. The molecule has 15 heteroatoms. The molecule has 0 aliphatic carbocycles. The first-order valence-corrected chi connectivity index (χ1v) is 11.2. The van der Waals surface area contributed by atoms with E-state index in [1.807, 2.05) is 0 Å². The SMILES string of the molecule is COc1cc2ccc(=O)oc2c(O[C@@H]2O[C@H](CO[C@H]3O[C@H](CO)[C@@H](O)[C@H](O)[C@H]3O)[C@@H](O)[C@H](O)[C@H]2O)c1O. The standard InChI is InChI=1S/C22H28O15/c1-32-8-4-7-2-3-11(24)36-19(7)20(14(8)27)37-22-18(31)16(29)13(26)10(35-22)6-33-21-17(30)15(28)12(25)9(5-23)34-21/h2-4,9-10,12-13,15-18,21-23,25-31H,5-6H2,1H3/t9-,10-,12-,13-,15+,16+,17-,18-,21+,22+/m1/s1. The minimum atomic E-state index is -1.85. The van der Waals surface area contributed by atoms with Gasteiger partial charge in [0.2, 0.25) is 17.8 Å². The molecule has 0 saturated carbocycles. The average molecular weight is 532 g/mol. The van der Waals surface area contributed by atoms with Crippen molar-refractivity contribution in [2.24, 2.45) is 0 Å². The Balaban J connectivity index is 1.55. The second-order valence-electron chi connectivity index (χ2n) is 8.59. The van der Waals surface area contributed by atoms with Gasteiger partial charge in [-0.05, 0) is 12.1 Å². The van der Waals surface area contributed by atoms with E-state index in [-0.39, 0.29) is 16.7 Å². The van der Waals surface area contributed by atoms with Crippen LogP contribution in [0.5, 0.6) is 17.2 Å². The normalized spacial score (nSPS) is 36.4. The zero-order chi connectivity index (χ0) is 27.0. The average Bonchev–Trinajstić information content (AvgIpc) is 2.89. The molecule has 206 valence electrons. The van der Waals surface area contributed by atoms with Gasteiger partial charge in [-0.25, -0.2) is 4.79 Å². The number of hydrogen-bond donors (Lipinski definition) is 8. The first kappa shape index (κ1) is 27.5. The zero-order valence-corrected chi connectivity index (χ0v) is 19.4. The molecule has 1 aromatic carbocycles. The number of phenols is 1. The molecule has 15 nitrogen and oxygen atoms in total. The van der Waals surface area contributed by atoms with Crippen LogP contribution in [0.25, 0.3) is 11.0 Å². The quantitative estimate of drug-likeness (QED) is 0.162. The molecule has 37 heavy (non-hydrogen) atoms. The molecule has 2 saturated heterocycles. The van der Waals surface area contributed by atoms with Crippen molar-refractivity contribution in [1.29, 1.82) is 0 Å². The summed E-state index contributed by atoms with van der Waals surface area (Å²) in [7, 11) is 1.27. The molecule has 3 heterocycles. The summed E-state index contributed by atoms with van der Waals surface area (Å²) in [5.41, 5.74) is -0.982. The number of rotatable bonds is 7. The number of hydrogen-bond acceptors (Lipinski definition) is 15. The Morgan fingerprint density at radius 2 is 1.49 bits per heavy atom. The highest BCUT2D eigenvalue weighted by molar-refractivity contribution is 5.87. The molecule has 0 spiro atoms. The van der Waals surface area contributed by atoms with Crippen LogP contribution in [0.3, 0.4) is 0 Å². The van der Waals surface area contributed by atoms with Gasteiger partial charge in [-0.2, -0.15) is 0 Å². The highest BCUT2D eigenvalue weighted by Crippen LogP contribution is 2.43. The summed E-state index contributed by atoms with van der Waals surface area (Å²) in [4.78, 5) is 11.8. The molecular weight excluding hydrogens is 504 g/mol. The molecule has 0 radical (unpaired) electrons. The van der Waals surface area contributed by atoms with Gasteiger partial charge in [0, 0.05) is 11.5 Å². The fourth-order valence-electron chi connectivity index (χ4n) is 4.07. The Hall–Kier alpha value is -2.57. The zero-order valence-electron chi connectivity index (χ0n) is 19.4. The molecule has 1 aromatic heterocycles. The van der Waals surface area contributed by atoms with E-state index in [2.05, 4.69) is 0 Å². The monoisotopic (exact) mass is 532 g/mol. The lowest BCUT2D eigenvalue weighted by Crippen LogP contribution is -2.62. The highest BCUT2D eigenvalue weighted by Gasteiger charge is 2.48. The molecular formula is C22H28O15. The number of aliphatic hydroxyl groups excluding tert-OH is 7. The van der Waals surface area contributed by atoms with Crippen LogP contribution < -0.4 is 15.1 Å². The van der Waals surface area contributed by atoms with Gasteiger partial charge in [-0.1, -0.05) is 0 Å². The predicted octanol–water partition coefficient (Wildman–Crippen LogP) is -3.49. The van der Waals surface area contributed by atoms with Gasteiger partial charge in [0.15, 0.2) is 17.6 Å². The highest BCUT2D eigenvalue weighted by atomic mass is 16.7. The maximum Gasteiger partial charge on any atom is 0.336 e. The van der Waals surface area contributed by atoms with E-state index in [0.29, 0.717) is 0 Å². The van der Waals surface area contributed by atoms with Gasteiger partial charge in [0.25, 0.3) is 0 Å². The van der Waals surface area contributed by atoms with Crippen molar-refractivity contribution >= 4 is 11.0 Å². The minimum absolute atomic E-state index is 0.0651. The molecule has 2 aliphatic heterocycles. The fourth-order valence-corrected chi connectivity index (χ4v) is 4.07. The lowest BCUT2D eigenvalue weighted by Gasteiger charge is -2.42. The van der Waals surface area contributed by atoms with Gasteiger partial charge in [-0.15, -0.1) is 0 Å². The van der Waals surface area contributed by atoms with Gasteiger partial charge in [-0.3, -0.25) is 0 Å². The summed E-state index contributed by atoms with van der Waals surface area (Å²) >= 11 is 0. The van der Waals surface area contributed by atoms with Crippen LogP contribution in [0.15, 0.2) is 27.4 Å². The lowest BCUT2D eigenvalue weighted by molar-refractivity contribution is -0.323. The van der Waals surface area contributed by atoms with Crippen molar-refractivity contribution in [1.82, 2.24) is 0 Å². The van der Waals surface area contributed by atoms with Crippen LogP contribution in [0.1, 0.15) is 0 Å². The molecule has 0 amide bonds. The largest absolute Gasteiger partial charge is 0.502 e. The first-order chi connectivity index (χ1) is 17.6. The smallest absolute Gasteiger partial charge is 0.336 e. The van der Waals surface area contributed by atoms with Crippen molar-refractivity contribution in [3.63, 3.8) is 0 Å². The molecule has 0 unspecified atom stereocenters. The van der Waals surface area contributed by atoms with Crippen LogP contribution in [0.2, 0.25) is 0 Å². The maximum atomic E-state index is 11.8. The summed E-state index contributed by atoms with van der Waals surface area (Å²) in [6.45, 7) is -1.28. The van der Waals surface area contributed by atoms with E-state index in [9.17, 15) is 45.6 Å². The molecule has 2 fully saturated rings. The van der Waals surface area contributed by atoms with E-state index >= 15 is 0 Å². The van der Waals surface area contributed by atoms with E-state index in [1.54, 1.807) is 0 Å². The second-order valence-corrected chi connectivity index (χ2v) is 8.59. The Morgan fingerprint density at radius 1 is 0.865 bits per heavy atom. The van der Waals surface area contributed by atoms with Gasteiger partial charge >= 0.3 is 5.63 Å². The number of phenolic OH excluding ortho intramolecular Hbond substituents is 1. The first-order valence-electron chi connectivity index (χ1n) is 11.2. The van der Waals surface area contributed by atoms with Crippen LogP contribution in [-0.4, -0.2) is 123 Å². The number of benzene rings is 1. The summed E-state index contributed by atoms with van der Waals surface area (Å²) in [6.07, 6.45) is -16.4. The molecule has 4 rings (SSSR count). The fraction of sp³-hybridized carbons (Fsp3) is 0.591. The van der Waals surface area contributed by atoms with Crippen molar-refractivity contribution in [3.05, 3.63) is 28.6 Å². The molecule has 2 aliphatic rings. The minimum Gasteiger partial charge on any atom is -0.502 e. The van der Waals surface area contributed by atoms with Crippen molar-refractivity contribution in [2.45, 2.75) is 61.4 Å². The number of fused-ring (bicyclic) bond motifs is 1. The van der Waals surface area contributed by atoms with Crippen molar-refractivity contribution in [2.75, 3.05) is 20.3 Å². The topological polar surface area (TPSA) is 238 Å². The van der Waals surface area contributed by atoms with E-state index in [1.165, 1.54) is 19.2 Å². The number of aliphatic hydroxyl groups is 7. The predicted molar refractivity (Wildman–Crippen MR) is 118 cm³/mol. The molecule has 8 N–H and O–H groups in total. The number of aromatic hydroxyl groups is 1. The third kappa shape index (κ3) is 5.23. The van der Waals surface area contributed by atoms with Gasteiger partial charge in [0.05, 0.1) is 20.3 Å². The summed E-state index contributed by atoms with van der Waals surface area (Å²) in [5, 5.41) is 81.3. The van der Waals surface area contributed by atoms with Gasteiger partial charge in [0.1, 0.15) is 48.8 Å². The molecule has 0 bridgehead atoms. The van der Waals surface area contributed by atoms with E-state index in [0.717, 1.165) is 6.07 Å². The molecule has 10 atom stereocenters. The number of ether oxygens (including phenoxy) is 5. The number of methoxy groups -OCH3 is 1. The second kappa shape index (κ2) is 11.0. The maximum absolute atomic E-state index is 11.8. The lowest BCUT2D eigenvalue weighted by atomic mass is 9.98. The van der Waals surface area contributed by atoms with Crippen LogP contribution >= 0.6 is 0 Å². The summed E-state index contributed by atoms with van der Waals surface area (Å²) in [6, 6.07) is 3.87. The summed E-state index contributed by atoms with van der Waals surface area (Å²) in [5.74, 6) is -1.12. The molecule has 2 aromatic rings. The Bertz CT molecular complexity index is 1130. The van der Waals surface area contributed by atoms with Gasteiger partial charge < -0.3 is 69.0 Å². The van der Waals surface area contributed by atoms with E-state index in [4.69, 9.17) is 28.1 Å². The Kier molecular flexibility index (Phi) is 8.20. The Morgan fingerprint density at radius 3 is 2.14 bits per heavy atom. The van der Waals surface area contributed by atoms with E-state index < -0.39 is 91.8 Å². The Labute approximate surface area is 208 Å². The van der Waals surface area contributed by atoms with Crippen LogP contribution in [0.4, 0.5) is 0 Å². The van der Waals surface area contributed by atoms with Crippen LogP contribution in [-0.2, 0) is 14.2 Å². The third-order valence-electron chi connectivity index (χ3n) is 6.20. The van der Waals surface area contributed by atoms with Crippen molar-refractivity contribution in [3.8, 4) is 17.2 Å². The van der Waals surface area contributed by atoms with Crippen molar-refractivity contribution < 1.29 is 69.0 Å². The van der Waals surface area contributed by atoms with Crippen LogP contribution in [0, 0.1) is 0 Å². The summed E-state index contributed by atoms with van der Waals surface area (Å²) < 4.78 is 31.9.